The number of anilines is 2. The maximum Gasteiger partial charge on any atom is 0.279 e. The maximum absolute atomic E-state index is 13.9. The molecular formula is C27H23N5O3S2. The highest BCUT2D eigenvalue weighted by molar-refractivity contribution is 7.89. The molecule has 0 unspecified atom stereocenters. The number of hydrazone groups is 1. The quantitative estimate of drug-likeness (QED) is 0.300. The van der Waals surface area contributed by atoms with Gasteiger partial charge in [-0.25, -0.2) is 18.6 Å². The zero-order valence-electron chi connectivity index (χ0n) is 19.8. The minimum Gasteiger partial charge on any atom is -0.374 e. The molecule has 1 aliphatic heterocycles. The molecule has 0 spiro atoms. The van der Waals surface area contributed by atoms with E-state index in [-0.39, 0.29) is 27.3 Å². The number of benzene rings is 4. The number of primary sulfonamides is 1. The summed E-state index contributed by atoms with van der Waals surface area (Å²) >= 11 is 5.20. The standard InChI is InChI=1S/C27H23N5O3S2/c1-17-8-6-13-21-24(30-32(27(28)36)22-14-4-5-15-23(22)37(29,34)35)26(33)31(25(17)21)16-19-11-7-10-18-9-2-3-12-20(18)19/h2-15H,16H2,1H3,(H2,28,36)(H2,29,34,35)/b30-24-. The Morgan fingerprint density at radius 1 is 0.973 bits per heavy atom. The normalized spacial score (nSPS) is 14.3. The second-order valence-corrected chi connectivity index (χ2v) is 10.6. The van der Waals surface area contributed by atoms with Crippen LogP contribution in [-0.4, -0.2) is 25.1 Å². The van der Waals surface area contributed by atoms with Crippen molar-refractivity contribution < 1.29 is 13.2 Å². The van der Waals surface area contributed by atoms with Gasteiger partial charge in [-0.15, -0.1) is 0 Å². The van der Waals surface area contributed by atoms with Gasteiger partial charge >= 0.3 is 0 Å². The van der Waals surface area contributed by atoms with Crippen molar-refractivity contribution in [2.75, 3.05) is 9.91 Å². The third kappa shape index (κ3) is 4.46. The number of nitrogens with two attached hydrogens (primary N) is 2. The molecule has 0 fully saturated rings. The van der Waals surface area contributed by atoms with Crippen LogP contribution in [0.1, 0.15) is 16.7 Å². The third-order valence-corrected chi connectivity index (χ3v) is 7.36. The highest BCUT2D eigenvalue weighted by atomic mass is 32.2. The zero-order chi connectivity index (χ0) is 26.3. The van der Waals surface area contributed by atoms with E-state index in [1.165, 1.54) is 18.2 Å². The van der Waals surface area contributed by atoms with Crippen LogP contribution in [0.5, 0.6) is 0 Å². The minimum absolute atomic E-state index is 0.0551. The topological polar surface area (TPSA) is 122 Å². The van der Waals surface area contributed by atoms with Crippen molar-refractivity contribution in [2.24, 2.45) is 16.0 Å². The number of hydrogen-bond acceptors (Lipinski definition) is 5. The molecular weight excluding hydrogens is 506 g/mol. The molecule has 4 N–H and O–H groups in total. The molecule has 10 heteroatoms. The summed E-state index contributed by atoms with van der Waals surface area (Å²) in [5, 5.41) is 12.9. The Labute approximate surface area is 219 Å². The van der Waals surface area contributed by atoms with E-state index in [1.54, 1.807) is 17.0 Å². The predicted molar refractivity (Wildman–Crippen MR) is 150 cm³/mol. The summed E-state index contributed by atoms with van der Waals surface area (Å²) in [6.45, 7) is 2.24. The number of aryl methyl sites for hydroxylation is 1. The van der Waals surface area contributed by atoms with Crippen molar-refractivity contribution >= 4 is 61.1 Å². The van der Waals surface area contributed by atoms with Gasteiger partial charge in [-0.3, -0.25) is 4.79 Å². The van der Waals surface area contributed by atoms with Crippen LogP contribution in [0.3, 0.4) is 0 Å². The highest BCUT2D eigenvalue weighted by Gasteiger charge is 2.36. The Hall–Kier alpha value is -4.12. The average molecular weight is 530 g/mol. The van der Waals surface area contributed by atoms with Gasteiger partial charge in [0, 0.05) is 5.56 Å². The van der Waals surface area contributed by atoms with Crippen molar-refractivity contribution in [1.29, 1.82) is 0 Å². The van der Waals surface area contributed by atoms with Gasteiger partial charge in [0.2, 0.25) is 10.0 Å². The first-order valence-corrected chi connectivity index (χ1v) is 13.3. The lowest BCUT2D eigenvalue weighted by atomic mass is 10.0. The van der Waals surface area contributed by atoms with Crippen molar-refractivity contribution in [3.05, 3.63) is 102 Å². The van der Waals surface area contributed by atoms with Crippen molar-refractivity contribution in [3.8, 4) is 0 Å². The molecule has 0 atom stereocenters. The molecule has 4 aromatic carbocycles. The highest BCUT2D eigenvalue weighted by Crippen LogP contribution is 2.36. The summed E-state index contributed by atoms with van der Waals surface area (Å²) in [5.41, 5.74) is 9.30. The zero-order valence-corrected chi connectivity index (χ0v) is 21.5. The number of nitrogens with zero attached hydrogens (tertiary/aromatic N) is 3. The van der Waals surface area contributed by atoms with Gasteiger partial charge < -0.3 is 10.6 Å². The largest absolute Gasteiger partial charge is 0.374 e. The van der Waals surface area contributed by atoms with Crippen LogP contribution < -0.4 is 20.8 Å². The molecule has 0 saturated carbocycles. The van der Waals surface area contributed by atoms with Crippen LogP contribution in [0.4, 0.5) is 11.4 Å². The minimum atomic E-state index is -4.12. The van der Waals surface area contributed by atoms with E-state index in [2.05, 4.69) is 5.10 Å². The molecule has 1 heterocycles. The first-order chi connectivity index (χ1) is 17.7. The first kappa shape index (κ1) is 24.6. The Bertz CT molecular complexity index is 1710. The number of hydrogen-bond donors (Lipinski definition) is 2. The molecule has 5 rings (SSSR count). The molecule has 8 nitrogen and oxygen atoms in total. The average Bonchev–Trinajstić information content (AvgIpc) is 3.13. The van der Waals surface area contributed by atoms with Gasteiger partial charge in [-0.05, 0) is 53.2 Å². The van der Waals surface area contributed by atoms with Crippen LogP contribution in [0.25, 0.3) is 10.8 Å². The van der Waals surface area contributed by atoms with Crippen LogP contribution in [0.2, 0.25) is 0 Å². The predicted octanol–water partition coefficient (Wildman–Crippen LogP) is 3.80. The fourth-order valence-corrected chi connectivity index (χ4v) is 5.45. The Morgan fingerprint density at radius 2 is 1.65 bits per heavy atom. The van der Waals surface area contributed by atoms with Gasteiger partial charge in [-0.1, -0.05) is 72.8 Å². The van der Waals surface area contributed by atoms with E-state index in [0.717, 1.165) is 32.6 Å². The van der Waals surface area contributed by atoms with Gasteiger partial charge in [0.05, 0.1) is 17.9 Å². The number of carbonyl (C=O) groups excluding carboxylic acids is 1. The maximum atomic E-state index is 13.9. The lowest BCUT2D eigenvalue weighted by Crippen LogP contribution is -2.36. The Morgan fingerprint density at radius 3 is 2.41 bits per heavy atom. The second-order valence-electron chi connectivity index (χ2n) is 8.61. The molecule has 0 aliphatic carbocycles. The van der Waals surface area contributed by atoms with Crippen LogP contribution >= 0.6 is 12.2 Å². The Kier molecular flexibility index (Phi) is 6.24. The van der Waals surface area contributed by atoms with Gasteiger partial charge in [-0.2, -0.15) is 5.10 Å². The van der Waals surface area contributed by atoms with E-state index in [4.69, 9.17) is 23.1 Å². The van der Waals surface area contributed by atoms with Crippen LogP contribution in [-0.2, 0) is 21.4 Å². The summed E-state index contributed by atoms with van der Waals surface area (Å²) in [6.07, 6.45) is 0. The molecule has 1 amide bonds. The molecule has 1 aliphatic rings. The van der Waals surface area contributed by atoms with Crippen molar-refractivity contribution in [3.63, 3.8) is 0 Å². The lowest BCUT2D eigenvalue weighted by Gasteiger charge is -2.21. The number of para-hydroxylation sites is 2. The molecule has 4 aromatic rings. The monoisotopic (exact) mass is 529 g/mol. The summed E-state index contributed by atoms with van der Waals surface area (Å²) in [4.78, 5) is 15.3. The number of rotatable bonds is 5. The van der Waals surface area contributed by atoms with Gasteiger partial charge in [0.1, 0.15) is 4.90 Å². The smallest absolute Gasteiger partial charge is 0.279 e. The number of sulfonamides is 1. The van der Waals surface area contributed by atoms with Crippen LogP contribution in [0, 0.1) is 6.92 Å². The van der Waals surface area contributed by atoms with Crippen molar-refractivity contribution in [2.45, 2.75) is 18.4 Å². The molecule has 186 valence electrons. The van der Waals surface area contributed by atoms with Crippen LogP contribution in [0.15, 0.2) is 94.9 Å². The summed E-state index contributed by atoms with van der Waals surface area (Å²) < 4.78 is 24.5. The fourth-order valence-electron chi connectivity index (χ4n) is 4.60. The molecule has 0 radical (unpaired) electrons. The summed E-state index contributed by atoms with van der Waals surface area (Å²) in [6, 6.07) is 25.5. The Balaban J connectivity index is 1.65. The fraction of sp³-hybridized carbons (Fsp3) is 0.0741. The van der Waals surface area contributed by atoms with E-state index in [1.807, 2.05) is 61.5 Å². The SMILES string of the molecule is Cc1cccc2c1N(Cc1cccc3ccccc13)C(=O)/C2=N\N(C(N)=S)c1ccccc1S(N)(=O)=O. The van der Waals surface area contributed by atoms with Gasteiger partial charge in [0.25, 0.3) is 5.91 Å². The first-order valence-electron chi connectivity index (χ1n) is 11.4. The van der Waals surface area contributed by atoms with E-state index in [9.17, 15) is 13.2 Å². The van der Waals surface area contributed by atoms with E-state index < -0.39 is 10.0 Å². The molecule has 0 saturated heterocycles. The second kappa shape index (κ2) is 9.40. The number of carbonyl (C=O) groups is 1. The summed E-state index contributed by atoms with van der Waals surface area (Å²) in [5.74, 6) is -0.355. The molecule has 0 bridgehead atoms. The molecule has 37 heavy (non-hydrogen) atoms. The van der Waals surface area contributed by atoms with E-state index in [0.29, 0.717) is 12.1 Å². The lowest BCUT2D eigenvalue weighted by molar-refractivity contribution is -0.112. The number of fused-ring (bicyclic) bond motifs is 2. The number of amides is 1. The van der Waals surface area contributed by atoms with Gasteiger partial charge in [0.15, 0.2) is 10.8 Å². The summed E-state index contributed by atoms with van der Waals surface area (Å²) in [7, 11) is -4.12. The number of thiocarbonyl (C=S) groups is 1. The molecule has 0 aromatic heterocycles. The third-order valence-electron chi connectivity index (χ3n) is 6.23. The van der Waals surface area contributed by atoms with Crippen molar-refractivity contribution in [1.82, 2.24) is 0 Å². The van der Waals surface area contributed by atoms with E-state index >= 15 is 0 Å².